The molecule has 2 fully saturated rings. The van der Waals surface area contributed by atoms with Crippen molar-refractivity contribution in [3.05, 3.63) is 125 Å². The Balaban J connectivity index is 0.891. The van der Waals surface area contributed by atoms with Gasteiger partial charge < -0.3 is 9.80 Å². The Hall–Kier alpha value is -3.26. The smallest absolute Gasteiger partial charge is 0.0413 e. The molecule has 2 heteroatoms. The van der Waals surface area contributed by atoms with Crippen LogP contribution in [0.4, 0.5) is 5.69 Å². The summed E-state index contributed by atoms with van der Waals surface area (Å²) in [6, 6.07) is 12.2. The van der Waals surface area contributed by atoms with Crippen molar-refractivity contribution in [2.24, 2.45) is 35.5 Å². The van der Waals surface area contributed by atoms with Crippen molar-refractivity contribution in [3.8, 4) is 0 Å². The molecule has 0 N–H and O–H groups in total. The molecule has 1 aromatic carbocycles. The molecule has 0 bridgehead atoms. The number of benzene rings is 1. The Labute approximate surface area is 314 Å². The minimum atomic E-state index is 0.583. The van der Waals surface area contributed by atoms with Crippen molar-refractivity contribution < 1.29 is 0 Å². The van der Waals surface area contributed by atoms with Crippen LogP contribution >= 0.6 is 0 Å². The summed E-state index contributed by atoms with van der Waals surface area (Å²) in [4.78, 5) is 5.83. The van der Waals surface area contributed by atoms with E-state index in [9.17, 15) is 0 Å². The van der Waals surface area contributed by atoms with E-state index in [-0.39, 0.29) is 0 Å². The predicted molar refractivity (Wildman–Crippen MR) is 218 cm³/mol. The molecule has 2 saturated carbocycles. The molecule has 8 atom stereocenters. The maximum Gasteiger partial charge on any atom is 0.0413 e. The molecule has 8 aliphatic carbocycles. The molecule has 2 nitrogen and oxygen atoms in total. The van der Waals surface area contributed by atoms with Crippen molar-refractivity contribution in [1.29, 1.82) is 0 Å². The number of anilines is 1. The first-order valence-corrected chi connectivity index (χ1v) is 22.0. The number of fused-ring (bicyclic) bond motifs is 5. The summed E-state index contributed by atoms with van der Waals surface area (Å²) < 4.78 is 0. The van der Waals surface area contributed by atoms with E-state index in [1.165, 1.54) is 127 Å². The first-order valence-electron chi connectivity index (χ1n) is 22.0. The van der Waals surface area contributed by atoms with Crippen molar-refractivity contribution in [2.45, 2.75) is 140 Å². The highest BCUT2D eigenvalue weighted by atomic mass is 15.2. The van der Waals surface area contributed by atoms with E-state index in [4.69, 9.17) is 0 Å². The summed E-state index contributed by atoms with van der Waals surface area (Å²) in [7, 11) is 0. The van der Waals surface area contributed by atoms with E-state index in [1.807, 2.05) is 5.57 Å². The summed E-state index contributed by atoms with van der Waals surface area (Å²) in [5.41, 5.74) is 9.68. The van der Waals surface area contributed by atoms with E-state index in [1.54, 1.807) is 16.8 Å². The third-order valence-corrected chi connectivity index (χ3v) is 15.4. The van der Waals surface area contributed by atoms with Crippen LogP contribution in [0.15, 0.2) is 120 Å². The zero-order valence-electron chi connectivity index (χ0n) is 31.6. The molecule has 0 aromatic heterocycles. The average Bonchev–Trinajstić information content (AvgIpc) is 3.56. The van der Waals surface area contributed by atoms with E-state index in [2.05, 4.69) is 107 Å². The van der Waals surface area contributed by atoms with Gasteiger partial charge in [-0.05, 0) is 161 Å². The Morgan fingerprint density at radius 2 is 1.46 bits per heavy atom. The first kappa shape index (κ1) is 33.3. The Morgan fingerprint density at radius 3 is 2.35 bits per heavy atom. The molecular weight excluding hydrogens is 629 g/mol. The molecule has 0 amide bonds. The van der Waals surface area contributed by atoms with Crippen molar-refractivity contribution in [3.63, 3.8) is 0 Å². The lowest BCUT2D eigenvalue weighted by molar-refractivity contribution is 0.119. The highest BCUT2D eigenvalue weighted by Gasteiger charge is 2.46. The van der Waals surface area contributed by atoms with Gasteiger partial charge in [0.15, 0.2) is 0 Å². The molecule has 9 aliphatic rings. The topological polar surface area (TPSA) is 6.48 Å². The molecular formula is C50H62N2. The van der Waals surface area contributed by atoms with E-state index < -0.39 is 0 Å². The molecule has 10 rings (SSSR count). The monoisotopic (exact) mass is 690 g/mol. The van der Waals surface area contributed by atoms with Crippen molar-refractivity contribution in [2.75, 3.05) is 4.90 Å². The lowest BCUT2D eigenvalue weighted by Crippen LogP contribution is -2.46. The third-order valence-electron chi connectivity index (χ3n) is 15.4. The summed E-state index contributed by atoms with van der Waals surface area (Å²) in [6.45, 7) is 0. The minimum Gasteiger partial charge on any atom is -0.367 e. The minimum absolute atomic E-state index is 0.583. The van der Waals surface area contributed by atoms with E-state index >= 15 is 0 Å². The molecule has 52 heavy (non-hydrogen) atoms. The largest absolute Gasteiger partial charge is 0.367 e. The Morgan fingerprint density at radius 1 is 0.615 bits per heavy atom. The highest BCUT2D eigenvalue weighted by Crippen LogP contribution is 2.53. The maximum absolute atomic E-state index is 3.05. The molecule has 1 heterocycles. The standard InChI is InChI=1S/C50H62N2/c1-2-15-38(16-3-1)51(40-32-28-36(29-33-40)47-34-37-14-4-5-17-41(37)43-19-6-7-20-44(43)47)39-30-26-35(27-31-39)42-18-8-11-23-48(42)52-49-24-12-9-21-45(49)46-22-10-13-25-50(46)52/h2,4-6,9,14-17,19,21,26-27,30-31,34,36,40-45,47-49H,1,3,7-8,10-13,18,20,22-25,28-29,32-33H2. The second-order valence-electron chi connectivity index (χ2n) is 18.0. The lowest BCUT2D eigenvalue weighted by atomic mass is 9.58. The van der Waals surface area contributed by atoms with Gasteiger partial charge in [0.25, 0.3) is 0 Å². The summed E-state index contributed by atoms with van der Waals surface area (Å²) >= 11 is 0. The third kappa shape index (κ3) is 5.99. The zero-order valence-corrected chi connectivity index (χ0v) is 31.6. The van der Waals surface area contributed by atoms with Gasteiger partial charge in [0.05, 0.1) is 0 Å². The van der Waals surface area contributed by atoms with Crippen molar-refractivity contribution in [1.82, 2.24) is 4.90 Å². The fraction of sp³-hybridized carbons (Fsp3) is 0.560. The second kappa shape index (κ2) is 14.5. The predicted octanol–water partition coefficient (Wildman–Crippen LogP) is 12.7. The number of hydrogen-bond donors (Lipinski definition) is 0. The number of nitrogens with zero attached hydrogens (tertiary/aromatic N) is 2. The molecule has 0 radical (unpaired) electrons. The fourth-order valence-corrected chi connectivity index (χ4v) is 13.1. The van der Waals surface area contributed by atoms with Crippen LogP contribution in [0, 0.1) is 35.5 Å². The molecule has 0 saturated heterocycles. The summed E-state index contributed by atoms with van der Waals surface area (Å²) in [5, 5.41) is 0. The molecule has 272 valence electrons. The van der Waals surface area contributed by atoms with E-state index in [0.29, 0.717) is 35.8 Å². The average molecular weight is 691 g/mol. The van der Waals surface area contributed by atoms with Gasteiger partial charge in [-0.1, -0.05) is 91.8 Å². The fourth-order valence-electron chi connectivity index (χ4n) is 13.1. The van der Waals surface area contributed by atoms with Crippen LogP contribution in [0.5, 0.6) is 0 Å². The van der Waals surface area contributed by atoms with E-state index in [0.717, 1.165) is 23.8 Å². The van der Waals surface area contributed by atoms with Gasteiger partial charge >= 0.3 is 0 Å². The van der Waals surface area contributed by atoms with Gasteiger partial charge in [0, 0.05) is 53.0 Å². The second-order valence-corrected chi connectivity index (χ2v) is 18.0. The Kier molecular flexibility index (Phi) is 9.31. The Bertz CT molecular complexity index is 1720. The quantitative estimate of drug-likeness (QED) is 0.274. The van der Waals surface area contributed by atoms with Crippen LogP contribution in [0.25, 0.3) is 0 Å². The first-order chi connectivity index (χ1) is 25.8. The maximum atomic E-state index is 3.05. The zero-order chi connectivity index (χ0) is 34.4. The summed E-state index contributed by atoms with van der Waals surface area (Å²) in [6.07, 6.45) is 53.6. The molecule has 0 spiro atoms. The number of hydrogen-bond acceptors (Lipinski definition) is 2. The molecule has 1 aliphatic heterocycles. The van der Waals surface area contributed by atoms with Crippen LogP contribution < -0.4 is 4.90 Å². The molecule has 8 unspecified atom stereocenters. The van der Waals surface area contributed by atoms with Crippen LogP contribution in [-0.2, 0) is 0 Å². The molecule has 1 aromatic rings. The lowest BCUT2D eigenvalue weighted by Gasteiger charge is -2.47. The SMILES string of the molecule is C1=CC2=CC(C3CCC(N(C4=CCCC=C4)c4ccc(C5CCCCC5N5C6=C(CCCC6)C6C=CCCC65)cc4)CC3)C3CCC=CC3C2C=C1. The van der Waals surface area contributed by atoms with Gasteiger partial charge in [0.2, 0.25) is 0 Å². The van der Waals surface area contributed by atoms with Gasteiger partial charge in [-0.3, -0.25) is 0 Å². The van der Waals surface area contributed by atoms with Crippen LogP contribution in [0.3, 0.4) is 0 Å². The van der Waals surface area contributed by atoms with Gasteiger partial charge in [-0.25, -0.2) is 0 Å². The summed E-state index contributed by atoms with van der Waals surface area (Å²) in [5.74, 6) is 5.01. The van der Waals surface area contributed by atoms with Crippen LogP contribution in [0.2, 0.25) is 0 Å². The normalized spacial score (nSPS) is 37.9. The number of allylic oxidation sites excluding steroid dienone is 13. The number of rotatable bonds is 6. The van der Waals surface area contributed by atoms with Gasteiger partial charge in [-0.2, -0.15) is 0 Å². The highest BCUT2D eigenvalue weighted by molar-refractivity contribution is 5.57. The van der Waals surface area contributed by atoms with Crippen LogP contribution in [-0.4, -0.2) is 23.0 Å². The van der Waals surface area contributed by atoms with Crippen molar-refractivity contribution >= 4 is 5.69 Å². The van der Waals surface area contributed by atoms with Gasteiger partial charge in [-0.15, -0.1) is 0 Å². The van der Waals surface area contributed by atoms with Gasteiger partial charge in [0.1, 0.15) is 0 Å². The van der Waals surface area contributed by atoms with Crippen LogP contribution in [0.1, 0.15) is 127 Å².